The molecule has 0 bridgehead atoms. The van der Waals surface area contributed by atoms with Crippen molar-refractivity contribution in [1.29, 1.82) is 0 Å². The lowest BCUT2D eigenvalue weighted by Crippen LogP contribution is -2.39. The highest BCUT2D eigenvalue weighted by atomic mass is 16.5. The van der Waals surface area contributed by atoms with Gasteiger partial charge in [0.1, 0.15) is 5.76 Å². The van der Waals surface area contributed by atoms with Gasteiger partial charge in [0.05, 0.1) is 12.7 Å². The number of carbonyl (C=O) groups is 1. The third kappa shape index (κ3) is 1.03. The van der Waals surface area contributed by atoms with Gasteiger partial charge in [0.2, 0.25) is 0 Å². The number of nitrogens with zero attached hydrogens (tertiary/aromatic N) is 2. The van der Waals surface area contributed by atoms with E-state index in [0.717, 1.165) is 11.3 Å². The Kier molecular flexibility index (Phi) is 1.49. The van der Waals surface area contributed by atoms with Gasteiger partial charge in [0.25, 0.3) is 0 Å². The molecule has 1 aliphatic rings. The first-order valence-corrected chi connectivity index (χ1v) is 3.74. The number of primary amides is 1. The molecule has 2 N–H and O–H groups in total. The summed E-state index contributed by atoms with van der Waals surface area (Å²) in [4.78, 5) is 12.4. The Morgan fingerprint density at radius 2 is 2.58 bits per heavy atom. The molecule has 0 aromatic carbocycles. The van der Waals surface area contributed by atoms with Gasteiger partial charge < -0.3 is 15.2 Å². The van der Waals surface area contributed by atoms with Gasteiger partial charge in [-0.2, -0.15) is 0 Å². The number of aromatic nitrogens is 1. The Morgan fingerprint density at radius 3 is 3.33 bits per heavy atom. The van der Waals surface area contributed by atoms with E-state index in [9.17, 15) is 4.79 Å². The lowest BCUT2D eigenvalue weighted by atomic mass is 10.1. The molecule has 0 saturated heterocycles. The summed E-state index contributed by atoms with van der Waals surface area (Å²) in [5, 5.41) is 3.64. The van der Waals surface area contributed by atoms with E-state index in [1.165, 1.54) is 0 Å². The second kappa shape index (κ2) is 2.51. The molecule has 0 saturated carbocycles. The highest BCUT2D eigenvalue weighted by Gasteiger charge is 2.21. The van der Waals surface area contributed by atoms with Gasteiger partial charge in [-0.25, -0.2) is 4.79 Å². The summed E-state index contributed by atoms with van der Waals surface area (Å²) in [5.41, 5.74) is 6.09. The van der Waals surface area contributed by atoms with Gasteiger partial charge in [0, 0.05) is 18.5 Å². The van der Waals surface area contributed by atoms with Crippen LogP contribution in [0.15, 0.2) is 10.7 Å². The Labute approximate surface area is 69.1 Å². The first kappa shape index (κ1) is 7.15. The average Bonchev–Trinajstić information content (AvgIpc) is 2.49. The molecular formula is C7H9N3O2. The van der Waals surface area contributed by atoms with Crippen LogP contribution in [0.1, 0.15) is 11.3 Å². The zero-order chi connectivity index (χ0) is 8.55. The number of hydrogen-bond donors (Lipinski definition) is 1. The number of hydrogen-bond acceptors (Lipinski definition) is 3. The van der Waals surface area contributed by atoms with E-state index in [4.69, 9.17) is 10.3 Å². The molecule has 0 unspecified atom stereocenters. The maximum Gasteiger partial charge on any atom is 0.315 e. The van der Waals surface area contributed by atoms with Crippen molar-refractivity contribution in [1.82, 2.24) is 10.1 Å². The maximum atomic E-state index is 10.8. The third-order valence-corrected chi connectivity index (χ3v) is 2.01. The van der Waals surface area contributed by atoms with Gasteiger partial charge in [-0.05, 0) is 0 Å². The largest absolute Gasteiger partial charge is 0.361 e. The minimum absolute atomic E-state index is 0.387. The van der Waals surface area contributed by atoms with Crippen molar-refractivity contribution in [3.05, 3.63) is 17.5 Å². The van der Waals surface area contributed by atoms with Crippen molar-refractivity contribution in [2.75, 3.05) is 6.54 Å². The quantitative estimate of drug-likeness (QED) is 0.596. The van der Waals surface area contributed by atoms with Crippen LogP contribution in [0.2, 0.25) is 0 Å². The fraction of sp³-hybridized carbons (Fsp3) is 0.429. The minimum Gasteiger partial charge on any atom is -0.361 e. The minimum atomic E-state index is -0.387. The summed E-state index contributed by atoms with van der Waals surface area (Å²) in [5.74, 6) is 0.868. The van der Waals surface area contributed by atoms with E-state index in [0.29, 0.717) is 19.5 Å². The summed E-state index contributed by atoms with van der Waals surface area (Å²) >= 11 is 0. The summed E-state index contributed by atoms with van der Waals surface area (Å²) in [6.07, 6.45) is 2.34. The number of nitrogens with two attached hydrogens (primary N) is 1. The van der Waals surface area contributed by atoms with Crippen molar-refractivity contribution in [2.45, 2.75) is 13.0 Å². The van der Waals surface area contributed by atoms with Crippen LogP contribution in [0.25, 0.3) is 0 Å². The SMILES string of the molecule is NC(=O)N1CCc2oncc2C1. The number of carbonyl (C=O) groups excluding carboxylic acids is 1. The second-order valence-electron chi connectivity index (χ2n) is 2.78. The molecule has 5 heteroatoms. The summed E-state index contributed by atoms with van der Waals surface area (Å²) in [6, 6.07) is -0.387. The van der Waals surface area contributed by atoms with Gasteiger partial charge >= 0.3 is 6.03 Å². The van der Waals surface area contributed by atoms with Crippen molar-refractivity contribution < 1.29 is 9.32 Å². The molecule has 5 nitrogen and oxygen atoms in total. The van der Waals surface area contributed by atoms with Crippen molar-refractivity contribution in [2.24, 2.45) is 5.73 Å². The highest BCUT2D eigenvalue weighted by molar-refractivity contribution is 5.72. The second-order valence-corrected chi connectivity index (χ2v) is 2.78. The number of amides is 2. The van der Waals surface area contributed by atoms with Crippen molar-refractivity contribution in [3.63, 3.8) is 0 Å². The number of rotatable bonds is 0. The smallest absolute Gasteiger partial charge is 0.315 e. The van der Waals surface area contributed by atoms with Gasteiger partial charge in [-0.15, -0.1) is 0 Å². The summed E-state index contributed by atoms with van der Waals surface area (Å²) in [6.45, 7) is 1.14. The maximum absolute atomic E-state index is 10.8. The van der Waals surface area contributed by atoms with Crippen LogP contribution in [0.4, 0.5) is 4.79 Å². The van der Waals surface area contributed by atoms with E-state index < -0.39 is 0 Å². The molecule has 0 fully saturated rings. The Bertz CT molecular complexity index is 307. The zero-order valence-electron chi connectivity index (χ0n) is 6.49. The monoisotopic (exact) mass is 167 g/mol. The first-order chi connectivity index (χ1) is 5.77. The van der Waals surface area contributed by atoms with Crippen LogP contribution in [0, 0.1) is 0 Å². The van der Waals surface area contributed by atoms with Crippen LogP contribution in [-0.2, 0) is 13.0 Å². The molecule has 1 aliphatic heterocycles. The zero-order valence-corrected chi connectivity index (χ0v) is 6.49. The van der Waals surface area contributed by atoms with E-state index in [1.54, 1.807) is 11.1 Å². The van der Waals surface area contributed by atoms with Crippen LogP contribution in [0.5, 0.6) is 0 Å². The first-order valence-electron chi connectivity index (χ1n) is 3.74. The predicted octanol–water partition coefficient (Wildman–Crippen LogP) is 0.111. The van der Waals surface area contributed by atoms with Crippen LogP contribution in [-0.4, -0.2) is 22.6 Å². The molecule has 1 aromatic rings. The third-order valence-electron chi connectivity index (χ3n) is 2.01. The lowest BCUT2D eigenvalue weighted by molar-refractivity contribution is 0.198. The van der Waals surface area contributed by atoms with E-state index >= 15 is 0 Å². The molecule has 0 radical (unpaired) electrons. The van der Waals surface area contributed by atoms with Crippen molar-refractivity contribution >= 4 is 6.03 Å². The molecule has 2 amide bonds. The van der Waals surface area contributed by atoms with Gasteiger partial charge in [0.15, 0.2) is 0 Å². The summed E-state index contributed by atoms with van der Waals surface area (Å²) in [7, 11) is 0. The topological polar surface area (TPSA) is 72.4 Å². The molecule has 0 spiro atoms. The Hall–Kier alpha value is -1.52. The van der Waals surface area contributed by atoms with E-state index in [1.807, 2.05) is 0 Å². The molecule has 2 rings (SSSR count). The predicted molar refractivity (Wildman–Crippen MR) is 40.2 cm³/mol. The lowest BCUT2D eigenvalue weighted by Gasteiger charge is -2.23. The molecule has 2 heterocycles. The number of urea groups is 1. The number of fused-ring (bicyclic) bond motifs is 1. The highest BCUT2D eigenvalue weighted by Crippen LogP contribution is 2.17. The van der Waals surface area contributed by atoms with Crippen LogP contribution < -0.4 is 5.73 Å². The molecule has 0 aliphatic carbocycles. The normalized spacial score (nSPS) is 15.8. The van der Waals surface area contributed by atoms with Gasteiger partial charge in [-0.1, -0.05) is 5.16 Å². The molecular weight excluding hydrogens is 158 g/mol. The fourth-order valence-electron chi connectivity index (χ4n) is 1.33. The van der Waals surface area contributed by atoms with E-state index in [-0.39, 0.29) is 6.03 Å². The van der Waals surface area contributed by atoms with Crippen LogP contribution in [0.3, 0.4) is 0 Å². The Morgan fingerprint density at radius 1 is 1.75 bits per heavy atom. The van der Waals surface area contributed by atoms with Crippen molar-refractivity contribution in [3.8, 4) is 0 Å². The summed E-state index contributed by atoms with van der Waals surface area (Å²) < 4.78 is 4.96. The molecule has 64 valence electrons. The van der Waals surface area contributed by atoms with Crippen LogP contribution >= 0.6 is 0 Å². The molecule has 12 heavy (non-hydrogen) atoms. The fourth-order valence-corrected chi connectivity index (χ4v) is 1.33. The molecule has 1 aromatic heterocycles. The Balaban J connectivity index is 2.20. The average molecular weight is 167 g/mol. The van der Waals surface area contributed by atoms with Gasteiger partial charge in [-0.3, -0.25) is 0 Å². The standard InChI is InChI=1S/C7H9N3O2/c8-7(11)10-2-1-6-5(4-10)3-9-12-6/h3H,1-2,4H2,(H2,8,11). The molecule has 0 atom stereocenters. The van der Waals surface area contributed by atoms with E-state index in [2.05, 4.69) is 5.16 Å².